The molecule has 0 aliphatic carbocycles. The van der Waals surface area contributed by atoms with Crippen LogP contribution in [0.1, 0.15) is 50.8 Å². The molecule has 0 spiro atoms. The van der Waals surface area contributed by atoms with Crippen molar-refractivity contribution < 1.29 is 14.3 Å². The van der Waals surface area contributed by atoms with Gasteiger partial charge in [0.25, 0.3) is 0 Å². The number of hydrogen-bond acceptors (Lipinski definition) is 4. The van der Waals surface area contributed by atoms with Gasteiger partial charge in [-0.3, -0.25) is 14.3 Å². The highest BCUT2D eigenvalue weighted by molar-refractivity contribution is 5.82. The Hall–Kier alpha value is -1.89. The number of ether oxygens (including phenoxy) is 1. The minimum absolute atomic E-state index is 0.0515. The van der Waals surface area contributed by atoms with Crippen LogP contribution < -0.4 is 5.32 Å². The molecular formula is C18H28N4O3. The minimum Gasteiger partial charge on any atom is -0.381 e. The molecule has 2 aliphatic rings. The van der Waals surface area contributed by atoms with Crippen molar-refractivity contribution in [2.45, 2.75) is 51.6 Å². The van der Waals surface area contributed by atoms with E-state index in [0.717, 1.165) is 44.6 Å². The number of carbonyl (C=O) groups excluding carboxylic acids is 2. The number of aromatic nitrogens is 2. The molecule has 0 aromatic carbocycles. The zero-order valence-electron chi connectivity index (χ0n) is 14.9. The first-order chi connectivity index (χ1) is 12.2. The van der Waals surface area contributed by atoms with Crippen LogP contribution in [0.15, 0.2) is 12.3 Å². The fourth-order valence-electron chi connectivity index (χ4n) is 3.48. The van der Waals surface area contributed by atoms with Crippen molar-refractivity contribution in [3.05, 3.63) is 18.0 Å². The molecule has 1 N–H and O–H groups in total. The van der Waals surface area contributed by atoms with Gasteiger partial charge in [0.05, 0.1) is 18.8 Å². The molecule has 1 saturated heterocycles. The van der Waals surface area contributed by atoms with E-state index in [1.807, 2.05) is 6.07 Å². The van der Waals surface area contributed by atoms with Gasteiger partial charge in [-0.05, 0) is 31.2 Å². The molecule has 1 aromatic rings. The third-order valence-electron chi connectivity index (χ3n) is 5.10. The lowest BCUT2D eigenvalue weighted by Gasteiger charge is -2.33. The summed E-state index contributed by atoms with van der Waals surface area (Å²) in [7, 11) is 0. The van der Waals surface area contributed by atoms with Crippen LogP contribution in [-0.2, 0) is 20.9 Å². The second kappa shape index (κ2) is 8.47. The van der Waals surface area contributed by atoms with Gasteiger partial charge in [0.15, 0.2) is 0 Å². The van der Waals surface area contributed by atoms with Crippen molar-refractivity contribution in [3.8, 4) is 0 Å². The second-order valence-electron chi connectivity index (χ2n) is 6.96. The van der Waals surface area contributed by atoms with Gasteiger partial charge in [0.1, 0.15) is 6.04 Å². The fourth-order valence-corrected chi connectivity index (χ4v) is 3.48. The summed E-state index contributed by atoms with van der Waals surface area (Å²) in [6.07, 6.45) is 6.09. The van der Waals surface area contributed by atoms with Gasteiger partial charge in [-0.2, -0.15) is 5.10 Å². The Kier molecular flexibility index (Phi) is 6.07. The maximum atomic E-state index is 12.7. The molecule has 138 valence electrons. The molecule has 1 fully saturated rings. The van der Waals surface area contributed by atoms with Crippen LogP contribution in [0.25, 0.3) is 0 Å². The van der Waals surface area contributed by atoms with Crippen molar-refractivity contribution in [1.29, 1.82) is 0 Å². The Balaban J connectivity index is 1.62. The van der Waals surface area contributed by atoms with Crippen LogP contribution in [-0.4, -0.2) is 52.8 Å². The van der Waals surface area contributed by atoms with Crippen LogP contribution in [0.2, 0.25) is 0 Å². The van der Waals surface area contributed by atoms with Gasteiger partial charge >= 0.3 is 0 Å². The number of fused-ring (bicyclic) bond motifs is 1. The van der Waals surface area contributed by atoms with E-state index in [2.05, 4.69) is 17.3 Å². The Morgan fingerprint density at radius 1 is 1.36 bits per heavy atom. The largest absolute Gasteiger partial charge is 0.381 e. The number of amides is 2. The summed E-state index contributed by atoms with van der Waals surface area (Å²) >= 11 is 0. The molecule has 0 unspecified atom stereocenters. The van der Waals surface area contributed by atoms with Gasteiger partial charge < -0.3 is 15.0 Å². The summed E-state index contributed by atoms with van der Waals surface area (Å²) in [6.45, 7) is 5.22. The van der Waals surface area contributed by atoms with E-state index in [-0.39, 0.29) is 11.8 Å². The molecule has 3 heterocycles. The zero-order chi connectivity index (χ0) is 17.6. The molecule has 0 saturated carbocycles. The average molecular weight is 348 g/mol. The number of nitrogens with zero attached hydrogens (tertiary/aromatic N) is 3. The van der Waals surface area contributed by atoms with E-state index in [1.165, 1.54) is 0 Å². The van der Waals surface area contributed by atoms with E-state index >= 15 is 0 Å². The van der Waals surface area contributed by atoms with E-state index in [4.69, 9.17) is 4.74 Å². The monoisotopic (exact) mass is 348 g/mol. The summed E-state index contributed by atoms with van der Waals surface area (Å²) < 4.78 is 7.13. The SMILES string of the molecule is CCCCC(=O)N1Cc2ccnn2[C@H](C(=O)NCC2CCOCC2)C1. The molecule has 7 heteroatoms. The van der Waals surface area contributed by atoms with Crippen molar-refractivity contribution in [3.63, 3.8) is 0 Å². The van der Waals surface area contributed by atoms with Gasteiger partial charge in [-0.25, -0.2) is 0 Å². The van der Waals surface area contributed by atoms with E-state index in [1.54, 1.807) is 15.8 Å². The Bertz CT molecular complexity index is 595. The molecule has 1 aromatic heterocycles. The van der Waals surface area contributed by atoms with Crippen molar-refractivity contribution in [2.75, 3.05) is 26.3 Å². The first kappa shape index (κ1) is 17.9. The van der Waals surface area contributed by atoms with Crippen LogP contribution >= 0.6 is 0 Å². The topological polar surface area (TPSA) is 76.5 Å². The van der Waals surface area contributed by atoms with Crippen LogP contribution in [0.5, 0.6) is 0 Å². The van der Waals surface area contributed by atoms with Crippen LogP contribution in [0.3, 0.4) is 0 Å². The first-order valence-corrected chi connectivity index (χ1v) is 9.34. The minimum atomic E-state index is -0.441. The highest BCUT2D eigenvalue weighted by Gasteiger charge is 2.33. The van der Waals surface area contributed by atoms with Gasteiger partial charge in [-0.15, -0.1) is 0 Å². The number of carbonyl (C=O) groups is 2. The summed E-state index contributed by atoms with van der Waals surface area (Å²) in [6, 6.07) is 1.45. The van der Waals surface area contributed by atoms with Gasteiger partial charge in [0, 0.05) is 32.4 Å². The smallest absolute Gasteiger partial charge is 0.246 e. The van der Waals surface area contributed by atoms with Gasteiger partial charge in [-0.1, -0.05) is 13.3 Å². The average Bonchev–Trinajstić information content (AvgIpc) is 3.12. The highest BCUT2D eigenvalue weighted by Crippen LogP contribution is 2.22. The maximum absolute atomic E-state index is 12.7. The van der Waals surface area contributed by atoms with Crippen molar-refractivity contribution in [1.82, 2.24) is 20.0 Å². The fraction of sp³-hybridized carbons (Fsp3) is 0.722. The van der Waals surface area contributed by atoms with Crippen molar-refractivity contribution in [2.24, 2.45) is 5.92 Å². The first-order valence-electron chi connectivity index (χ1n) is 9.34. The summed E-state index contributed by atoms with van der Waals surface area (Å²) in [5.74, 6) is 0.543. The molecular weight excluding hydrogens is 320 g/mol. The third kappa shape index (κ3) is 4.39. The number of hydrogen-bond donors (Lipinski definition) is 1. The van der Waals surface area contributed by atoms with E-state index in [0.29, 0.717) is 32.0 Å². The van der Waals surface area contributed by atoms with Crippen LogP contribution in [0, 0.1) is 5.92 Å². The predicted molar refractivity (Wildman–Crippen MR) is 92.8 cm³/mol. The maximum Gasteiger partial charge on any atom is 0.246 e. The molecule has 25 heavy (non-hydrogen) atoms. The lowest BCUT2D eigenvalue weighted by molar-refractivity contribution is -0.135. The Morgan fingerprint density at radius 2 is 2.16 bits per heavy atom. The Labute approximate surface area is 148 Å². The number of rotatable bonds is 6. The standard InChI is InChI=1S/C18H28N4O3/c1-2-3-4-17(23)21-12-15-5-8-20-22(15)16(13-21)18(24)19-11-14-6-9-25-10-7-14/h5,8,14,16H,2-4,6-7,9-13H2,1H3,(H,19,24)/t16-/m0/s1. The quantitative estimate of drug-likeness (QED) is 0.845. The predicted octanol–water partition coefficient (Wildman–Crippen LogP) is 1.50. The molecule has 2 amide bonds. The Morgan fingerprint density at radius 3 is 2.92 bits per heavy atom. The lowest BCUT2D eigenvalue weighted by atomic mass is 10.0. The normalized spacial score (nSPS) is 21.0. The highest BCUT2D eigenvalue weighted by atomic mass is 16.5. The lowest BCUT2D eigenvalue weighted by Crippen LogP contribution is -2.47. The number of nitrogens with one attached hydrogen (secondary N) is 1. The van der Waals surface area contributed by atoms with E-state index in [9.17, 15) is 9.59 Å². The zero-order valence-corrected chi connectivity index (χ0v) is 14.9. The summed E-state index contributed by atoms with van der Waals surface area (Å²) in [5, 5.41) is 7.37. The second-order valence-corrected chi connectivity index (χ2v) is 6.96. The summed E-state index contributed by atoms with van der Waals surface area (Å²) in [4.78, 5) is 27.0. The molecule has 0 bridgehead atoms. The molecule has 3 rings (SSSR count). The third-order valence-corrected chi connectivity index (χ3v) is 5.10. The molecule has 2 aliphatic heterocycles. The number of unbranched alkanes of at least 4 members (excludes halogenated alkanes) is 1. The van der Waals surface area contributed by atoms with Crippen LogP contribution in [0.4, 0.5) is 0 Å². The van der Waals surface area contributed by atoms with Gasteiger partial charge in [0.2, 0.25) is 11.8 Å². The van der Waals surface area contributed by atoms with E-state index < -0.39 is 6.04 Å². The molecule has 1 atom stereocenters. The molecule has 0 radical (unpaired) electrons. The van der Waals surface area contributed by atoms with Crippen molar-refractivity contribution >= 4 is 11.8 Å². The summed E-state index contributed by atoms with van der Waals surface area (Å²) in [5.41, 5.74) is 0.919. The molecule has 7 nitrogen and oxygen atoms in total.